The van der Waals surface area contributed by atoms with Gasteiger partial charge in [-0.2, -0.15) is 0 Å². The molecule has 0 aliphatic carbocycles. The summed E-state index contributed by atoms with van der Waals surface area (Å²) < 4.78 is 5.49. The van der Waals surface area contributed by atoms with Crippen molar-refractivity contribution in [2.24, 2.45) is 0 Å². The number of ether oxygens (including phenoxy) is 1. The molecule has 2 fully saturated rings. The minimum atomic E-state index is 0.0325. The van der Waals surface area contributed by atoms with Crippen LogP contribution in [0.2, 0.25) is 0 Å². The molecule has 1 aromatic rings. The maximum atomic E-state index is 12.7. The average molecular weight is 331 g/mol. The van der Waals surface area contributed by atoms with Crippen LogP contribution in [0.5, 0.6) is 0 Å². The number of carbonyl (C=O) groups is 1. The van der Waals surface area contributed by atoms with Crippen molar-refractivity contribution >= 4 is 5.91 Å². The van der Waals surface area contributed by atoms with E-state index < -0.39 is 0 Å². The summed E-state index contributed by atoms with van der Waals surface area (Å²) in [6, 6.07) is 10.8. The lowest BCUT2D eigenvalue weighted by Crippen LogP contribution is -2.48. The second kappa shape index (κ2) is 8.10. The van der Waals surface area contributed by atoms with Gasteiger partial charge in [-0.25, -0.2) is 0 Å². The fraction of sp³-hybridized carbons (Fsp3) is 0.632. The first-order valence-corrected chi connectivity index (χ1v) is 9.00. The predicted octanol–water partition coefficient (Wildman–Crippen LogP) is 1.44. The van der Waals surface area contributed by atoms with Gasteiger partial charge in [0.1, 0.15) is 0 Å². The van der Waals surface area contributed by atoms with Crippen LogP contribution in [0.1, 0.15) is 18.9 Å². The summed E-state index contributed by atoms with van der Waals surface area (Å²) in [5, 5.41) is 0. The van der Waals surface area contributed by atoms with Crippen LogP contribution in [0.25, 0.3) is 0 Å². The molecule has 0 radical (unpaired) electrons. The predicted molar refractivity (Wildman–Crippen MR) is 94.7 cm³/mol. The molecule has 0 saturated carbocycles. The third kappa shape index (κ3) is 4.15. The zero-order valence-corrected chi connectivity index (χ0v) is 14.9. The number of amides is 1. The van der Waals surface area contributed by atoms with Crippen molar-refractivity contribution in [1.82, 2.24) is 14.7 Å². The van der Waals surface area contributed by atoms with E-state index in [-0.39, 0.29) is 11.9 Å². The van der Waals surface area contributed by atoms with Gasteiger partial charge < -0.3 is 9.64 Å². The van der Waals surface area contributed by atoms with Crippen LogP contribution >= 0.6 is 0 Å². The number of morpholine rings is 1. The van der Waals surface area contributed by atoms with E-state index in [1.165, 1.54) is 5.56 Å². The van der Waals surface area contributed by atoms with E-state index in [1.807, 2.05) is 23.1 Å². The van der Waals surface area contributed by atoms with Gasteiger partial charge in [0, 0.05) is 38.8 Å². The van der Waals surface area contributed by atoms with Crippen molar-refractivity contribution in [1.29, 1.82) is 0 Å². The van der Waals surface area contributed by atoms with Crippen LogP contribution in [0.15, 0.2) is 30.3 Å². The van der Waals surface area contributed by atoms with Crippen LogP contribution in [-0.4, -0.2) is 79.1 Å². The van der Waals surface area contributed by atoms with Crippen LogP contribution in [0.4, 0.5) is 0 Å². The Labute approximate surface area is 145 Å². The van der Waals surface area contributed by atoms with E-state index in [2.05, 4.69) is 35.9 Å². The molecule has 0 spiro atoms. The summed E-state index contributed by atoms with van der Waals surface area (Å²) in [6.45, 7) is 8.36. The summed E-state index contributed by atoms with van der Waals surface area (Å²) in [7, 11) is 2.08. The van der Waals surface area contributed by atoms with Crippen LogP contribution in [-0.2, 0) is 16.1 Å². The van der Waals surface area contributed by atoms with E-state index in [9.17, 15) is 4.79 Å². The lowest BCUT2D eigenvalue weighted by Gasteiger charge is -2.35. The molecule has 2 atom stereocenters. The molecule has 0 bridgehead atoms. The summed E-state index contributed by atoms with van der Waals surface area (Å²) in [6.07, 6.45) is 0.931. The monoisotopic (exact) mass is 331 g/mol. The van der Waals surface area contributed by atoms with Gasteiger partial charge in [-0.3, -0.25) is 14.6 Å². The Morgan fingerprint density at radius 3 is 2.79 bits per heavy atom. The van der Waals surface area contributed by atoms with Gasteiger partial charge >= 0.3 is 0 Å². The van der Waals surface area contributed by atoms with Gasteiger partial charge in [-0.15, -0.1) is 0 Å². The second-order valence-corrected chi connectivity index (χ2v) is 6.99. The Kier molecular flexibility index (Phi) is 5.87. The van der Waals surface area contributed by atoms with E-state index in [0.29, 0.717) is 6.04 Å². The lowest BCUT2D eigenvalue weighted by atomic mass is 10.2. The highest BCUT2D eigenvalue weighted by Crippen LogP contribution is 2.19. The van der Waals surface area contributed by atoms with E-state index in [0.717, 1.165) is 52.4 Å². The van der Waals surface area contributed by atoms with Gasteiger partial charge in [-0.05, 0) is 26.0 Å². The zero-order valence-electron chi connectivity index (χ0n) is 14.9. The minimum Gasteiger partial charge on any atom is -0.379 e. The van der Waals surface area contributed by atoms with Crippen molar-refractivity contribution in [2.45, 2.75) is 32.0 Å². The maximum Gasteiger partial charge on any atom is 0.240 e. The molecule has 5 heteroatoms. The Morgan fingerprint density at radius 1 is 1.25 bits per heavy atom. The summed E-state index contributed by atoms with van der Waals surface area (Å²) in [5.74, 6) is 0.274. The average Bonchev–Trinajstić information content (AvgIpc) is 2.96. The molecule has 132 valence electrons. The van der Waals surface area contributed by atoms with Gasteiger partial charge in [0.15, 0.2) is 0 Å². The number of hydrogen-bond donors (Lipinski definition) is 0. The molecule has 5 nitrogen and oxygen atoms in total. The quantitative estimate of drug-likeness (QED) is 0.790. The summed E-state index contributed by atoms with van der Waals surface area (Å²) in [4.78, 5) is 19.4. The third-order valence-electron chi connectivity index (χ3n) is 5.26. The molecule has 2 unspecified atom stereocenters. The van der Waals surface area contributed by atoms with E-state index in [4.69, 9.17) is 4.74 Å². The molecular weight excluding hydrogens is 302 g/mol. The lowest BCUT2D eigenvalue weighted by molar-refractivity contribution is -0.132. The molecular formula is C19H29N3O2. The Bertz CT molecular complexity index is 537. The molecule has 3 rings (SSSR count). The summed E-state index contributed by atoms with van der Waals surface area (Å²) in [5.41, 5.74) is 1.20. The topological polar surface area (TPSA) is 36.0 Å². The van der Waals surface area contributed by atoms with Crippen LogP contribution < -0.4 is 0 Å². The first-order valence-electron chi connectivity index (χ1n) is 9.00. The highest BCUT2D eigenvalue weighted by molar-refractivity contribution is 5.83. The van der Waals surface area contributed by atoms with Gasteiger partial charge in [0.05, 0.1) is 19.3 Å². The van der Waals surface area contributed by atoms with Gasteiger partial charge in [-0.1, -0.05) is 30.3 Å². The molecule has 1 amide bonds. The van der Waals surface area contributed by atoms with Crippen molar-refractivity contribution in [3.63, 3.8) is 0 Å². The normalized spacial score (nSPS) is 25.6. The molecule has 0 N–H and O–H groups in total. The second-order valence-electron chi connectivity index (χ2n) is 6.99. The van der Waals surface area contributed by atoms with Gasteiger partial charge in [0.25, 0.3) is 0 Å². The number of carbonyl (C=O) groups excluding carboxylic acids is 1. The number of nitrogens with zero attached hydrogens (tertiary/aromatic N) is 3. The third-order valence-corrected chi connectivity index (χ3v) is 5.26. The molecule has 2 aliphatic heterocycles. The fourth-order valence-electron chi connectivity index (χ4n) is 3.63. The van der Waals surface area contributed by atoms with Crippen LogP contribution in [0.3, 0.4) is 0 Å². The number of hydrogen-bond acceptors (Lipinski definition) is 4. The highest BCUT2D eigenvalue weighted by Gasteiger charge is 2.34. The maximum absolute atomic E-state index is 12.7. The Hall–Kier alpha value is -1.43. The van der Waals surface area contributed by atoms with E-state index >= 15 is 0 Å². The van der Waals surface area contributed by atoms with Crippen molar-refractivity contribution in [3.8, 4) is 0 Å². The fourth-order valence-corrected chi connectivity index (χ4v) is 3.63. The smallest absolute Gasteiger partial charge is 0.240 e. The van der Waals surface area contributed by atoms with Crippen molar-refractivity contribution < 1.29 is 9.53 Å². The zero-order chi connectivity index (χ0) is 16.9. The number of benzene rings is 1. The Morgan fingerprint density at radius 2 is 2.04 bits per heavy atom. The highest BCUT2D eigenvalue weighted by atomic mass is 16.5. The molecule has 1 aromatic carbocycles. The standard InChI is InChI=1S/C19H29N3O2/c1-16-15-24-13-12-21(16)11-10-20(2)18-8-9-22(19(18)23)14-17-6-4-3-5-7-17/h3-7,16,18H,8-15H2,1-2H3. The Balaban J connectivity index is 1.49. The number of rotatable bonds is 6. The van der Waals surface area contributed by atoms with Crippen LogP contribution in [0, 0.1) is 0 Å². The molecule has 2 heterocycles. The SMILES string of the molecule is CC1COCCN1CCN(C)C1CCN(Cc2ccccc2)C1=O. The largest absolute Gasteiger partial charge is 0.379 e. The first kappa shape index (κ1) is 17.4. The molecule has 24 heavy (non-hydrogen) atoms. The number of likely N-dealkylation sites (N-methyl/N-ethyl adjacent to an activating group) is 1. The van der Waals surface area contributed by atoms with Gasteiger partial charge in [0.2, 0.25) is 5.91 Å². The molecule has 0 aromatic heterocycles. The summed E-state index contributed by atoms with van der Waals surface area (Å²) >= 11 is 0. The molecule has 2 saturated heterocycles. The van der Waals surface area contributed by atoms with Crippen molar-refractivity contribution in [2.75, 3.05) is 46.4 Å². The van der Waals surface area contributed by atoms with E-state index in [1.54, 1.807) is 0 Å². The number of likely N-dealkylation sites (tertiary alicyclic amines) is 1. The first-order chi connectivity index (χ1) is 11.6. The van der Waals surface area contributed by atoms with Crippen molar-refractivity contribution in [3.05, 3.63) is 35.9 Å². The minimum absolute atomic E-state index is 0.0325. The molecule has 2 aliphatic rings.